The number of nitrogens with one attached hydrogen (secondary N) is 1. The van der Waals surface area contributed by atoms with Gasteiger partial charge in [-0.05, 0) is 57.9 Å². The number of quaternary nitrogens is 1. The summed E-state index contributed by atoms with van der Waals surface area (Å²) in [5, 5.41) is 3.08. The van der Waals surface area contributed by atoms with E-state index in [2.05, 4.69) is 26.1 Å². The maximum Gasteiger partial charge on any atom is 0.279 e. The molecule has 0 aliphatic heterocycles. The number of hydrogen-bond acceptors (Lipinski definition) is 2. The van der Waals surface area contributed by atoms with Crippen LogP contribution in [-0.4, -0.2) is 43.7 Å². The van der Waals surface area contributed by atoms with E-state index in [0.29, 0.717) is 6.54 Å². The molecule has 0 unspecified atom stereocenters. The number of likely N-dealkylation sites (N-methyl/N-ethyl adjacent to an activating group) is 1. The normalized spacial score (nSPS) is 11.3. The Hall–Kier alpha value is -1.55. The minimum Gasteiger partial charge on any atom is -0.497 e. The van der Waals surface area contributed by atoms with Gasteiger partial charge in [-0.15, -0.1) is 0 Å². The number of nitrogens with zero attached hydrogens (tertiary/aromatic N) is 1. The van der Waals surface area contributed by atoms with Gasteiger partial charge in [-0.2, -0.15) is 0 Å². The van der Waals surface area contributed by atoms with Gasteiger partial charge in [-0.25, -0.2) is 0 Å². The standard InChI is InChI=1S/C17H28N2O2/c1-7-19(8-2,9-3)12-16(20)18-17-13(4)10-15(21-6)11-14(17)5/h10-11H,7-9,12H2,1-6H3/p+1. The smallest absolute Gasteiger partial charge is 0.279 e. The first-order valence-electron chi connectivity index (χ1n) is 7.71. The van der Waals surface area contributed by atoms with Crippen LogP contribution in [0, 0.1) is 13.8 Å². The fraction of sp³-hybridized carbons (Fsp3) is 0.588. The lowest BCUT2D eigenvalue weighted by Gasteiger charge is -2.35. The van der Waals surface area contributed by atoms with Crippen molar-refractivity contribution in [3.05, 3.63) is 23.3 Å². The molecule has 4 nitrogen and oxygen atoms in total. The van der Waals surface area contributed by atoms with Crippen molar-refractivity contribution in [2.24, 2.45) is 0 Å². The summed E-state index contributed by atoms with van der Waals surface area (Å²) in [5.41, 5.74) is 2.97. The van der Waals surface area contributed by atoms with Crippen molar-refractivity contribution < 1.29 is 14.0 Å². The van der Waals surface area contributed by atoms with Crippen LogP contribution in [0.2, 0.25) is 0 Å². The Morgan fingerprint density at radius 3 is 1.95 bits per heavy atom. The SMILES string of the molecule is CC[N+](CC)(CC)CC(=O)Nc1c(C)cc(OC)cc1C. The first kappa shape index (κ1) is 17.5. The van der Waals surface area contributed by atoms with Crippen LogP contribution in [0.25, 0.3) is 0 Å². The van der Waals surface area contributed by atoms with Crippen molar-refractivity contribution in [3.63, 3.8) is 0 Å². The molecule has 0 saturated heterocycles. The molecular weight excluding hydrogens is 264 g/mol. The van der Waals surface area contributed by atoms with Gasteiger partial charge in [0, 0.05) is 5.69 Å². The summed E-state index contributed by atoms with van der Waals surface area (Å²) in [6, 6.07) is 3.90. The van der Waals surface area contributed by atoms with Gasteiger partial charge in [0.15, 0.2) is 6.54 Å². The number of methoxy groups -OCH3 is 1. The van der Waals surface area contributed by atoms with Crippen molar-refractivity contribution in [1.29, 1.82) is 0 Å². The Bertz CT molecular complexity index is 462. The fourth-order valence-corrected chi connectivity index (χ4v) is 2.73. The van der Waals surface area contributed by atoms with E-state index in [9.17, 15) is 4.79 Å². The highest BCUT2D eigenvalue weighted by Crippen LogP contribution is 2.26. The lowest BCUT2D eigenvalue weighted by atomic mass is 10.1. The lowest BCUT2D eigenvalue weighted by molar-refractivity contribution is -0.915. The molecule has 1 amide bonds. The second-order valence-corrected chi connectivity index (χ2v) is 5.63. The average Bonchev–Trinajstić information content (AvgIpc) is 2.48. The van der Waals surface area contributed by atoms with E-state index in [1.54, 1.807) is 7.11 Å². The molecule has 0 fully saturated rings. The molecule has 1 aromatic carbocycles. The van der Waals surface area contributed by atoms with E-state index in [0.717, 1.165) is 46.7 Å². The molecule has 1 N–H and O–H groups in total. The molecule has 1 rings (SSSR count). The Kier molecular flexibility index (Phi) is 6.21. The maximum atomic E-state index is 12.4. The number of anilines is 1. The lowest BCUT2D eigenvalue weighted by Crippen LogP contribution is -2.52. The van der Waals surface area contributed by atoms with Crippen LogP contribution in [0.5, 0.6) is 5.75 Å². The Morgan fingerprint density at radius 2 is 1.57 bits per heavy atom. The highest BCUT2D eigenvalue weighted by atomic mass is 16.5. The van der Waals surface area contributed by atoms with Gasteiger partial charge >= 0.3 is 0 Å². The molecule has 0 saturated carbocycles. The first-order chi connectivity index (χ1) is 9.91. The molecule has 0 atom stereocenters. The second-order valence-electron chi connectivity index (χ2n) is 5.63. The number of carbonyl (C=O) groups excluding carboxylic acids is 1. The van der Waals surface area contributed by atoms with Crippen molar-refractivity contribution >= 4 is 11.6 Å². The maximum absolute atomic E-state index is 12.4. The fourth-order valence-electron chi connectivity index (χ4n) is 2.73. The van der Waals surface area contributed by atoms with Gasteiger partial charge in [0.25, 0.3) is 5.91 Å². The van der Waals surface area contributed by atoms with Gasteiger partial charge < -0.3 is 14.5 Å². The summed E-state index contributed by atoms with van der Waals surface area (Å²) < 4.78 is 6.07. The summed E-state index contributed by atoms with van der Waals surface area (Å²) in [6.45, 7) is 13.9. The second kappa shape index (κ2) is 7.46. The highest BCUT2D eigenvalue weighted by Gasteiger charge is 2.25. The number of aryl methyl sites for hydroxylation is 2. The minimum atomic E-state index is 0.0805. The zero-order chi connectivity index (χ0) is 16.0. The van der Waals surface area contributed by atoms with Crippen LogP contribution in [-0.2, 0) is 4.79 Å². The first-order valence-corrected chi connectivity index (χ1v) is 7.71. The largest absolute Gasteiger partial charge is 0.497 e. The molecular formula is C17H29N2O2+. The molecule has 4 heteroatoms. The summed E-state index contributed by atoms with van der Waals surface area (Å²) in [5.74, 6) is 0.903. The van der Waals surface area contributed by atoms with E-state index < -0.39 is 0 Å². The van der Waals surface area contributed by atoms with E-state index >= 15 is 0 Å². The third-order valence-electron chi connectivity index (χ3n) is 4.50. The van der Waals surface area contributed by atoms with Crippen LogP contribution in [0.1, 0.15) is 31.9 Å². The molecule has 0 bridgehead atoms. The van der Waals surface area contributed by atoms with E-state index in [1.807, 2.05) is 26.0 Å². The van der Waals surface area contributed by atoms with Gasteiger partial charge in [0.05, 0.1) is 26.7 Å². The Balaban J connectivity index is 2.89. The molecule has 0 heterocycles. The van der Waals surface area contributed by atoms with Gasteiger partial charge in [0.1, 0.15) is 5.75 Å². The summed E-state index contributed by atoms with van der Waals surface area (Å²) >= 11 is 0. The van der Waals surface area contributed by atoms with Crippen LogP contribution in [0.3, 0.4) is 0 Å². The number of rotatable bonds is 7. The minimum absolute atomic E-state index is 0.0805. The highest BCUT2D eigenvalue weighted by molar-refractivity contribution is 5.93. The van der Waals surface area contributed by atoms with E-state index in [-0.39, 0.29) is 5.91 Å². The Morgan fingerprint density at radius 1 is 1.10 bits per heavy atom. The number of hydrogen-bond donors (Lipinski definition) is 1. The summed E-state index contributed by atoms with van der Waals surface area (Å²) in [6.07, 6.45) is 0. The van der Waals surface area contributed by atoms with Crippen LogP contribution >= 0.6 is 0 Å². The van der Waals surface area contributed by atoms with Crippen molar-refractivity contribution in [1.82, 2.24) is 0 Å². The number of carbonyl (C=O) groups is 1. The summed E-state index contributed by atoms with van der Waals surface area (Å²) in [4.78, 5) is 12.4. The topological polar surface area (TPSA) is 38.3 Å². The molecule has 0 radical (unpaired) electrons. The zero-order valence-electron chi connectivity index (χ0n) is 14.2. The molecule has 0 aromatic heterocycles. The summed E-state index contributed by atoms with van der Waals surface area (Å²) in [7, 11) is 1.65. The van der Waals surface area contributed by atoms with E-state index in [4.69, 9.17) is 4.74 Å². The third kappa shape index (κ3) is 4.21. The van der Waals surface area contributed by atoms with Crippen LogP contribution in [0.4, 0.5) is 5.69 Å². The number of ether oxygens (including phenoxy) is 1. The monoisotopic (exact) mass is 293 g/mol. The average molecular weight is 293 g/mol. The number of benzene rings is 1. The predicted molar refractivity (Wildman–Crippen MR) is 87.8 cm³/mol. The van der Waals surface area contributed by atoms with E-state index in [1.165, 1.54) is 0 Å². The van der Waals surface area contributed by atoms with Crippen LogP contribution < -0.4 is 10.1 Å². The molecule has 21 heavy (non-hydrogen) atoms. The Labute approximate surface area is 128 Å². The zero-order valence-corrected chi connectivity index (χ0v) is 14.2. The van der Waals surface area contributed by atoms with Crippen LogP contribution in [0.15, 0.2) is 12.1 Å². The quantitative estimate of drug-likeness (QED) is 0.784. The molecule has 1 aromatic rings. The third-order valence-corrected chi connectivity index (χ3v) is 4.50. The van der Waals surface area contributed by atoms with Crippen molar-refractivity contribution in [2.45, 2.75) is 34.6 Å². The van der Waals surface area contributed by atoms with Gasteiger partial charge in [-0.3, -0.25) is 4.79 Å². The molecule has 0 spiro atoms. The van der Waals surface area contributed by atoms with Gasteiger partial charge in [0.2, 0.25) is 0 Å². The number of amides is 1. The van der Waals surface area contributed by atoms with Crippen molar-refractivity contribution in [2.75, 3.05) is 38.6 Å². The molecule has 0 aliphatic carbocycles. The van der Waals surface area contributed by atoms with Crippen molar-refractivity contribution in [3.8, 4) is 5.75 Å². The van der Waals surface area contributed by atoms with Gasteiger partial charge in [-0.1, -0.05) is 0 Å². The predicted octanol–water partition coefficient (Wildman–Crippen LogP) is 3.13. The molecule has 0 aliphatic rings. The molecule has 118 valence electrons.